The number of terminal acetylenes is 1. The van der Waals surface area contributed by atoms with E-state index >= 15 is 0 Å². The van der Waals surface area contributed by atoms with Crippen molar-refractivity contribution in [2.45, 2.75) is 71.6 Å². The van der Waals surface area contributed by atoms with Crippen molar-refractivity contribution < 1.29 is 35.8 Å². The highest BCUT2D eigenvalue weighted by molar-refractivity contribution is 6.01. The number of hydrogen-bond donors (Lipinski definition) is 0. The Morgan fingerprint density at radius 3 is 1.98 bits per heavy atom. The molecule has 7 aromatic carbocycles. The summed E-state index contributed by atoms with van der Waals surface area (Å²) in [6, 6.07) is 46.9. The summed E-state index contributed by atoms with van der Waals surface area (Å²) in [5.41, 5.74) is 5.19. The molecular formula is C75H66F6N2O2. The molecule has 9 rings (SSSR count). The number of anilines is 3. The molecule has 2 aliphatic rings. The summed E-state index contributed by atoms with van der Waals surface area (Å²) in [7, 11) is 0. The minimum absolute atomic E-state index is 0.0560. The second-order valence-electron chi connectivity index (χ2n) is 20.5. The number of aryl methyl sites for hydroxylation is 1. The van der Waals surface area contributed by atoms with Crippen LogP contribution in [-0.2, 0) is 16.6 Å². The van der Waals surface area contributed by atoms with Crippen molar-refractivity contribution in [3.63, 3.8) is 0 Å². The van der Waals surface area contributed by atoms with E-state index in [0.29, 0.717) is 5.76 Å². The van der Waals surface area contributed by atoms with E-state index in [4.69, 9.17) is 15.9 Å². The van der Waals surface area contributed by atoms with E-state index in [1.54, 1.807) is 18.2 Å². The molecule has 4 nitrogen and oxygen atoms in total. The monoisotopic (exact) mass is 1140 g/mol. The Morgan fingerprint density at radius 2 is 1.33 bits per heavy atom. The third-order valence-corrected chi connectivity index (χ3v) is 14.7. The molecule has 0 bridgehead atoms. The summed E-state index contributed by atoms with van der Waals surface area (Å²) in [6.07, 6.45) is 21.7. The van der Waals surface area contributed by atoms with Crippen LogP contribution in [0, 0.1) is 26.2 Å². The summed E-state index contributed by atoms with van der Waals surface area (Å²) in [5, 5.41) is 4.49. The van der Waals surface area contributed by atoms with Gasteiger partial charge < -0.3 is 19.3 Å². The van der Waals surface area contributed by atoms with E-state index < -0.39 is 29.8 Å². The van der Waals surface area contributed by atoms with E-state index in [-0.39, 0.29) is 22.6 Å². The van der Waals surface area contributed by atoms with Gasteiger partial charge in [0.05, 0.1) is 17.1 Å². The maximum atomic E-state index is 14.3. The summed E-state index contributed by atoms with van der Waals surface area (Å²) in [4.78, 5) is 4.51. The Labute approximate surface area is 495 Å². The summed E-state index contributed by atoms with van der Waals surface area (Å²) >= 11 is 0. The van der Waals surface area contributed by atoms with Gasteiger partial charge in [0.15, 0.2) is 11.2 Å². The van der Waals surface area contributed by atoms with Gasteiger partial charge in [-0.15, -0.1) is 13.0 Å². The molecular weight excluding hydrogens is 1070 g/mol. The van der Waals surface area contributed by atoms with Crippen molar-refractivity contribution >= 4 is 50.4 Å². The fraction of sp³-hybridized carbons (Fsp3) is 0.147. The summed E-state index contributed by atoms with van der Waals surface area (Å²) < 4.78 is 97.7. The summed E-state index contributed by atoms with van der Waals surface area (Å²) in [5.74, 6) is 4.10. The normalized spacial score (nSPS) is 14.0. The minimum atomic E-state index is -5.62. The lowest BCUT2D eigenvalue weighted by Crippen LogP contribution is -2.54. The van der Waals surface area contributed by atoms with Crippen molar-refractivity contribution in [3.05, 3.63) is 312 Å². The fourth-order valence-electron chi connectivity index (χ4n) is 10.7. The van der Waals surface area contributed by atoms with E-state index in [9.17, 15) is 26.3 Å². The lowest BCUT2D eigenvalue weighted by molar-refractivity contribution is -0.303. The molecule has 0 heterocycles. The molecule has 7 aromatic rings. The van der Waals surface area contributed by atoms with Crippen LogP contribution in [0.4, 0.5) is 43.4 Å². The number of nitrogens with zero attached hydrogens (tertiary/aromatic N) is 2. The number of alkyl halides is 6. The van der Waals surface area contributed by atoms with Gasteiger partial charge in [-0.25, -0.2) is 0 Å². The van der Waals surface area contributed by atoms with Gasteiger partial charge in [-0.2, -0.15) is 26.3 Å². The number of ether oxygens (including phenoxy) is 2. The van der Waals surface area contributed by atoms with Crippen LogP contribution >= 0.6 is 0 Å². The van der Waals surface area contributed by atoms with E-state index in [1.165, 1.54) is 41.0 Å². The van der Waals surface area contributed by atoms with Crippen LogP contribution in [0.25, 0.3) is 33.3 Å². The third kappa shape index (κ3) is 13.7. The van der Waals surface area contributed by atoms with Crippen molar-refractivity contribution in [2.24, 2.45) is 0 Å². The first-order valence-electron chi connectivity index (χ1n) is 27.7. The van der Waals surface area contributed by atoms with Crippen LogP contribution in [0.15, 0.2) is 279 Å². The SMILES string of the molecule is C#C/C(=C\C)OC1=CC=C(N(C2=CC=CCc3ccccc32)c2cccc3ccccc23)CC=C1.C=C/C=C\c1cccc(N(/C(C)=C/C=C(\C=C)Oc2ccc(C(CC(=C)C)(C(F)(F)F)C(F)(F)F)c(C)c2)c2cccc3ccccc23)c1C. The van der Waals surface area contributed by atoms with Gasteiger partial charge in [-0.05, 0) is 171 Å². The number of benzene rings is 7. The molecule has 430 valence electrons. The molecule has 10 heteroatoms. The van der Waals surface area contributed by atoms with E-state index in [0.717, 1.165) is 93.7 Å². The second-order valence-corrected chi connectivity index (χ2v) is 20.5. The molecule has 0 amide bonds. The Balaban J connectivity index is 0.000000235. The molecule has 0 radical (unpaired) electrons. The van der Waals surface area contributed by atoms with Gasteiger partial charge in [0.1, 0.15) is 17.3 Å². The van der Waals surface area contributed by atoms with Crippen LogP contribution in [0.2, 0.25) is 0 Å². The van der Waals surface area contributed by atoms with Gasteiger partial charge in [0.2, 0.25) is 0 Å². The van der Waals surface area contributed by atoms with Crippen molar-refractivity contribution in [2.75, 3.05) is 9.80 Å². The van der Waals surface area contributed by atoms with Gasteiger partial charge in [-0.3, -0.25) is 0 Å². The quantitative estimate of drug-likeness (QED) is 0.0298. The molecule has 0 atom stereocenters. The zero-order valence-corrected chi connectivity index (χ0v) is 48.2. The molecule has 0 N–H and O–H groups in total. The highest BCUT2D eigenvalue weighted by atomic mass is 19.4. The molecule has 0 aliphatic heterocycles. The molecule has 2 aliphatic carbocycles. The molecule has 0 saturated carbocycles. The number of allylic oxidation sites excluding steroid dienone is 16. The molecule has 85 heavy (non-hydrogen) atoms. The Morgan fingerprint density at radius 1 is 0.694 bits per heavy atom. The lowest BCUT2D eigenvalue weighted by atomic mass is 9.72. The largest absolute Gasteiger partial charge is 0.457 e. The van der Waals surface area contributed by atoms with Gasteiger partial charge in [0.25, 0.3) is 0 Å². The van der Waals surface area contributed by atoms with Crippen molar-refractivity contribution in [3.8, 4) is 18.1 Å². The topological polar surface area (TPSA) is 24.9 Å². The predicted molar refractivity (Wildman–Crippen MR) is 341 cm³/mol. The Hall–Kier alpha value is -9.72. The molecule has 0 unspecified atom stereocenters. The highest BCUT2D eigenvalue weighted by Gasteiger charge is 2.71. The van der Waals surface area contributed by atoms with Gasteiger partial charge in [-0.1, -0.05) is 170 Å². The Bertz CT molecular complexity index is 3970. The first-order valence-corrected chi connectivity index (χ1v) is 27.7. The molecule has 0 fully saturated rings. The Kier molecular flexibility index (Phi) is 19.6. The van der Waals surface area contributed by atoms with Crippen LogP contribution in [0.3, 0.4) is 0 Å². The van der Waals surface area contributed by atoms with Gasteiger partial charge in [0, 0.05) is 39.8 Å². The first-order chi connectivity index (χ1) is 40.8. The average molecular weight is 1140 g/mol. The van der Waals surface area contributed by atoms with E-state index in [2.05, 4.69) is 133 Å². The maximum absolute atomic E-state index is 14.3. The standard InChI is InChI=1S/C42H39F6NO.C33H27NO/c1-8-10-15-32-17-13-20-38(31(32)7)49(39-21-14-18-33-16-11-12-19-36(33)39)30(6)22-23-34(9-2)50-35-24-25-37(29(5)26-35)40(27-28(3)4,41(43,44)45)42(46,47)48;1-3-28(4-2)35-29-18-12-17-27(23-24-29)34(33-22-11-16-26-14-6-9-20-31(26)33)32-21-10-7-15-25-13-5-8-19-30(25)32/h8-26H,1-3,27H2,4-7H3;1,4-14,16,18-24H,15,17H2,2H3/b15-10-,30-22+,34-23+;28-4+. The van der Waals surface area contributed by atoms with Crippen LogP contribution < -0.4 is 14.5 Å². The second kappa shape index (κ2) is 27.1. The third-order valence-electron chi connectivity index (χ3n) is 14.7. The summed E-state index contributed by atoms with van der Waals surface area (Å²) in [6.45, 7) is 19.1. The zero-order chi connectivity index (χ0) is 60.9. The average Bonchev–Trinajstić information content (AvgIpc) is 1.08. The predicted octanol–water partition coefficient (Wildman–Crippen LogP) is 21.3. The molecule has 0 saturated heterocycles. The fourth-order valence-corrected chi connectivity index (χ4v) is 10.7. The number of rotatable bonds is 17. The van der Waals surface area contributed by atoms with E-state index in [1.807, 2.05) is 112 Å². The zero-order valence-electron chi connectivity index (χ0n) is 48.2. The molecule has 0 spiro atoms. The first kappa shape index (κ1) is 61.4. The lowest BCUT2D eigenvalue weighted by Gasteiger charge is -2.39. The smallest absolute Gasteiger partial charge is 0.407 e. The minimum Gasteiger partial charge on any atom is -0.457 e. The van der Waals surface area contributed by atoms with Crippen molar-refractivity contribution in [1.82, 2.24) is 0 Å². The number of fused-ring (bicyclic) bond motifs is 3. The van der Waals surface area contributed by atoms with Gasteiger partial charge >= 0.3 is 12.4 Å². The van der Waals surface area contributed by atoms with Crippen LogP contribution in [-0.4, -0.2) is 12.4 Å². The van der Waals surface area contributed by atoms with Crippen LogP contribution in [0.5, 0.6) is 5.75 Å². The van der Waals surface area contributed by atoms with Crippen LogP contribution in [0.1, 0.15) is 67.0 Å². The van der Waals surface area contributed by atoms with Crippen molar-refractivity contribution in [1.29, 1.82) is 0 Å². The highest BCUT2D eigenvalue weighted by Crippen LogP contribution is 2.56. The molecule has 0 aromatic heterocycles. The number of hydrogen-bond acceptors (Lipinski definition) is 4. The number of halogens is 6. The maximum Gasteiger partial charge on any atom is 0.407 e.